The predicted molar refractivity (Wildman–Crippen MR) is 57.0 cm³/mol. The number of aliphatic hydroxyl groups excluding tert-OH is 1. The monoisotopic (exact) mass is 257 g/mol. The molecule has 1 unspecified atom stereocenters. The molecule has 0 bridgehead atoms. The highest BCUT2D eigenvalue weighted by Gasteiger charge is 2.30. The number of benzene rings is 1. The first-order valence-corrected chi connectivity index (χ1v) is 5.16. The van der Waals surface area contributed by atoms with Gasteiger partial charge in [0.25, 0.3) is 0 Å². The third kappa shape index (κ3) is 2.35. The molecule has 18 heavy (non-hydrogen) atoms. The molecule has 0 radical (unpaired) electrons. The Bertz CT molecular complexity index is 548. The first-order valence-electron chi connectivity index (χ1n) is 5.16. The van der Waals surface area contributed by atoms with Crippen molar-refractivity contribution in [2.45, 2.75) is 19.2 Å². The summed E-state index contributed by atoms with van der Waals surface area (Å²) in [4.78, 5) is 0. The van der Waals surface area contributed by atoms with Crippen molar-refractivity contribution >= 4 is 0 Å². The van der Waals surface area contributed by atoms with Gasteiger partial charge < -0.3 is 5.11 Å². The van der Waals surface area contributed by atoms with Gasteiger partial charge in [0, 0.05) is 0 Å². The highest BCUT2D eigenvalue weighted by molar-refractivity contribution is 5.37. The lowest BCUT2D eigenvalue weighted by molar-refractivity contribution is -0.137. The summed E-state index contributed by atoms with van der Waals surface area (Å²) in [6.45, 7) is 1.49. The van der Waals surface area contributed by atoms with E-state index in [1.807, 2.05) is 0 Å². The van der Waals surface area contributed by atoms with Gasteiger partial charge in [-0.25, -0.2) is 4.68 Å². The molecule has 2 aromatic rings. The van der Waals surface area contributed by atoms with Crippen LogP contribution in [0.4, 0.5) is 13.2 Å². The van der Waals surface area contributed by atoms with Gasteiger partial charge in [0.15, 0.2) is 0 Å². The molecule has 0 fully saturated rings. The van der Waals surface area contributed by atoms with Crippen molar-refractivity contribution in [3.8, 4) is 5.69 Å². The molecule has 1 atom stereocenters. The summed E-state index contributed by atoms with van der Waals surface area (Å²) >= 11 is 0. The molecule has 1 aromatic heterocycles. The number of aromatic nitrogens is 3. The largest absolute Gasteiger partial charge is 0.416 e. The summed E-state index contributed by atoms with van der Waals surface area (Å²) in [6, 6.07) is 4.69. The molecule has 1 N–H and O–H groups in total. The van der Waals surface area contributed by atoms with Gasteiger partial charge in [0.1, 0.15) is 0 Å². The quantitative estimate of drug-likeness (QED) is 0.898. The second-order valence-electron chi connectivity index (χ2n) is 3.79. The molecule has 7 heteroatoms. The van der Waals surface area contributed by atoms with Crippen LogP contribution in [0.25, 0.3) is 5.69 Å². The number of rotatable bonds is 2. The number of hydrogen-bond donors (Lipinski definition) is 1. The van der Waals surface area contributed by atoms with Gasteiger partial charge in [0.2, 0.25) is 0 Å². The van der Waals surface area contributed by atoms with Crippen molar-refractivity contribution in [3.05, 3.63) is 41.7 Å². The molecule has 1 aromatic carbocycles. The summed E-state index contributed by atoms with van der Waals surface area (Å²) in [7, 11) is 0. The van der Waals surface area contributed by atoms with Gasteiger partial charge in [-0.3, -0.25) is 0 Å². The van der Waals surface area contributed by atoms with E-state index in [2.05, 4.69) is 10.3 Å². The van der Waals surface area contributed by atoms with Gasteiger partial charge in [-0.15, -0.1) is 5.10 Å². The molecule has 0 aliphatic carbocycles. The first kappa shape index (κ1) is 12.6. The number of nitrogens with zero attached hydrogens (tertiary/aromatic N) is 3. The van der Waals surface area contributed by atoms with E-state index in [1.54, 1.807) is 0 Å². The summed E-state index contributed by atoms with van der Waals surface area (Å²) in [5, 5.41) is 16.7. The van der Waals surface area contributed by atoms with Crippen molar-refractivity contribution in [2.24, 2.45) is 0 Å². The fraction of sp³-hybridized carbons (Fsp3) is 0.273. The van der Waals surface area contributed by atoms with E-state index in [4.69, 9.17) is 0 Å². The maximum absolute atomic E-state index is 12.6. The molecule has 96 valence electrons. The zero-order chi connectivity index (χ0) is 13.3. The molecule has 0 aliphatic rings. The van der Waals surface area contributed by atoms with Crippen molar-refractivity contribution in [2.75, 3.05) is 0 Å². The average molecular weight is 257 g/mol. The van der Waals surface area contributed by atoms with Crippen LogP contribution in [-0.2, 0) is 6.18 Å². The molecule has 0 spiro atoms. The minimum Gasteiger partial charge on any atom is -0.387 e. The van der Waals surface area contributed by atoms with Crippen LogP contribution in [0.1, 0.15) is 24.3 Å². The van der Waals surface area contributed by atoms with Gasteiger partial charge in [-0.05, 0) is 25.1 Å². The van der Waals surface area contributed by atoms with Crippen LogP contribution in [-0.4, -0.2) is 20.1 Å². The van der Waals surface area contributed by atoms with Crippen LogP contribution >= 0.6 is 0 Å². The van der Waals surface area contributed by atoms with Crippen molar-refractivity contribution in [1.29, 1.82) is 0 Å². The van der Waals surface area contributed by atoms with Crippen molar-refractivity contribution < 1.29 is 18.3 Å². The van der Waals surface area contributed by atoms with Crippen molar-refractivity contribution in [1.82, 2.24) is 15.0 Å². The molecule has 2 rings (SSSR count). The number of halogens is 3. The van der Waals surface area contributed by atoms with E-state index in [1.165, 1.54) is 29.9 Å². The molecule has 1 heterocycles. The second kappa shape index (κ2) is 4.41. The Balaban J connectivity index is 2.48. The van der Waals surface area contributed by atoms with Gasteiger partial charge in [-0.2, -0.15) is 13.2 Å². The van der Waals surface area contributed by atoms with E-state index in [0.29, 0.717) is 5.69 Å². The Hall–Kier alpha value is -1.89. The third-order valence-corrected chi connectivity index (χ3v) is 2.42. The molecule has 4 nitrogen and oxygen atoms in total. The van der Waals surface area contributed by atoms with Crippen LogP contribution in [0.5, 0.6) is 0 Å². The first-order chi connectivity index (χ1) is 8.39. The lowest BCUT2D eigenvalue weighted by Crippen LogP contribution is -2.09. The highest BCUT2D eigenvalue weighted by atomic mass is 19.4. The van der Waals surface area contributed by atoms with E-state index in [0.717, 1.165) is 12.1 Å². The number of alkyl halides is 3. The maximum atomic E-state index is 12.6. The van der Waals surface area contributed by atoms with Crippen LogP contribution in [0.15, 0.2) is 30.5 Å². The van der Waals surface area contributed by atoms with Crippen LogP contribution < -0.4 is 0 Å². The summed E-state index contributed by atoms with van der Waals surface area (Å²) in [5.74, 6) is 0. The zero-order valence-electron chi connectivity index (χ0n) is 9.39. The van der Waals surface area contributed by atoms with Gasteiger partial charge in [-0.1, -0.05) is 11.3 Å². The topological polar surface area (TPSA) is 50.9 Å². The Labute approximate surface area is 101 Å². The van der Waals surface area contributed by atoms with Gasteiger partial charge >= 0.3 is 6.18 Å². The molecular formula is C11H10F3N3O. The van der Waals surface area contributed by atoms with E-state index >= 15 is 0 Å². The molecular weight excluding hydrogens is 247 g/mol. The Kier molecular flexibility index (Phi) is 3.08. The minimum atomic E-state index is -4.42. The second-order valence-corrected chi connectivity index (χ2v) is 3.79. The van der Waals surface area contributed by atoms with Crippen LogP contribution in [0.3, 0.4) is 0 Å². The fourth-order valence-electron chi connectivity index (χ4n) is 1.54. The SMILES string of the molecule is CC(O)c1cnnn1-c1cccc(C(F)(F)F)c1. The van der Waals surface area contributed by atoms with Crippen LogP contribution in [0, 0.1) is 0 Å². The summed E-state index contributed by atoms with van der Waals surface area (Å²) in [6.07, 6.45) is -3.97. The van der Waals surface area contributed by atoms with Crippen LogP contribution in [0.2, 0.25) is 0 Å². The van der Waals surface area contributed by atoms with Gasteiger partial charge in [0.05, 0.1) is 29.2 Å². The van der Waals surface area contributed by atoms with E-state index in [9.17, 15) is 18.3 Å². The van der Waals surface area contributed by atoms with E-state index in [-0.39, 0.29) is 5.69 Å². The lowest BCUT2D eigenvalue weighted by Gasteiger charge is -2.11. The minimum absolute atomic E-state index is 0.207. The molecule has 0 saturated heterocycles. The highest BCUT2D eigenvalue weighted by Crippen LogP contribution is 2.30. The lowest BCUT2D eigenvalue weighted by atomic mass is 10.2. The Morgan fingerprint density at radius 1 is 1.33 bits per heavy atom. The average Bonchev–Trinajstić information content (AvgIpc) is 2.77. The Morgan fingerprint density at radius 2 is 2.06 bits per heavy atom. The summed E-state index contributed by atoms with van der Waals surface area (Å²) < 4.78 is 38.9. The van der Waals surface area contributed by atoms with E-state index < -0.39 is 17.8 Å². The molecule has 0 amide bonds. The standard InChI is InChI=1S/C11H10F3N3O/c1-7(18)10-6-15-16-17(10)9-4-2-3-8(5-9)11(12,13)14/h2-7,18H,1H3. The molecule has 0 aliphatic heterocycles. The zero-order valence-corrected chi connectivity index (χ0v) is 9.39. The number of aliphatic hydroxyl groups is 1. The predicted octanol–water partition coefficient (Wildman–Crippen LogP) is 2.34. The normalized spacial score (nSPS) is 13.6. The third-order valence-electron chi connectivity index (χ3n) is 2.42. The smallest absolute Gasteiger partial charge is 0.387 e. The maximum Gasteiger partial charge on any atom is 0.416 e. The molecule has 0 saturated carbocycles. The van der Waals surface area contributed by atoms with Crippen molar-refractivity contribution in [3.63, 3.8) is 0 Å². The fourth-order valence-corrected chi connectivity index (χ4v) is 1.54. The number of hydrogen-bond acceptors (Lipinski definition) is 3. The Morgan fingerprint density at radius 3 is 2.67 bits per heavy atom. The summed E-state index contributed by atoms with van der Waals surface area (Å²) in [5.41, 5.74) is -0.236.